The number of hydrogen-bond acceptors (Lipinski definition) is 4. The minimum absolute atomic E-state index is 0.180. The highest BCUT2D eigenvalue weighted by molar-refractivity contribution is 7.73. The molecule has 0 unspecified atom stereocenters. The van der Waals surface area contributed by atoms with Gasteiger partial charge in [0.15, 0.2) is 3.95 Å². The normalized spacial score (nSPS) is 10.4. The molecule has 1 aromatic heterocycles. The fourth-order valence-corrected chi connectivity index (χ4v) is 2.62. The van der Waals surface area contributed by atoms with Crippen molar-refractivity contribution in [3.8, 4) is 5.69 Å². The van der Waals surface area contributed by atoms with Crippen molar-refractivity contribution in [1.29, 1.82) is 0 Å². The van der Waals surface area contributed by atoms with E-state index in [1.54, 1.807) is 0 Å². The van der Waals surface area contributed by atoms with E-state index in [4.69, 9.17) is 23.7 Å². The molecule has 88 valence electrons. The summed E-state index contributed by atoms with van der Waals surface area (Å²) in [6.07, 6.45) is 0. The Bertz CT molecular complexity index is 630. The van der Waals surface area contributed by atoms with Gasteiger partial charge in [-0.2, -0.15) is 0 Å². The summed E-state index contributed by atoms with van der Waals surface area (Å²) in [5, 5.41) is 0. The summed E-state index contributed by atoms with van der Waals surface area (Å²) in [5.41, 5.74) is 11.6. The zero-order chi connectivity index (χ0) is 12.6. The molecule has 1 aromatic carbocycles. The number of primary amides is 1. The SMILES string of the molecule is NC(=O)c1sc(=S)n(-c2ccc(F)cc2)c1N. The summed E-state index contributed by atoms with van der Waals surface area (Å²) >= 11 is 6.13. The van der Waals surface area contributed by atoms with E-state index >= 15 is 0 Å². The van der Waals surface area contributed by atoms with Crippen LogP contribution in [-0.4, -0.2) is 10.5 Å². The Hall–Kier alpha value is -1.73. The number of carbonyl (C=O) groups is 1. The van der Waals surface area contributed by atoms with Gasteiger partial charge in [0.05, 0.1) is 0 Å². The molecular weight excluding hydrogens is 261 g/mol. The molecule has 1 heterocycles. The number of nitrogen functional groups attached to an aromatic ring is 1. The number of hydrogen-bond donors (Lipinski definition) is 2. The molecular formula is C10H8FN3OS2. The van der Waals surface area contributed by atoms with Gasteiger partial charge in [-0.3, -0.25) is 9.36 Å². The average Bonchev–Trinajstić information content (AvgIpc) is 2.56. The van der Waals surface area contributed by atoms with Crippen molar-refractivity contribution in [3.63, 3.8) is 0 Å². The van der Waals surface area contributed by atoms with Crippen LogP contribution in [0.25, 0.3) is 5.69 Å². The number of anilines is 1. The number of nitrogens with two attached hydrogens (primary N) is 2. The number of carbonyl (C=O) groups excluding carboxylic acids is 1. The lowest BCUT2D eigenvalue weighted by Crippen LogP contribution is -2.12. The van der Waals surface area contributed by atoms with Gasteiger partial charge in [-0.25, -0.2) is 4.39 Å². The highest BCUT2D eigenvalue weighted by Gasteiger charge is 2.15. The van der Waals surface area contributed by atoms with E-state index in [0.29, 0.717) is 9.64 Å². The van der Waals surface area contributed by atoms with Crippen molar-refractivity contribution < 1.29 is 9.18 Å². The largest absolute Gasteiger partial charge is 0.383 e. The third kappa shape index (κ3) is 2.06. The van der Waals surface area contributed by atoms with Gasteiger partial charge in [-0.15, -0.1) is 0 Å². The number of thiazole rings is 1. The Labute approximate surface area is 105 Å². The minimum Gasteiger partial charge on any atom is -0.383 e. The van der Waals surface area contributed by atoms with Gasteiger partial charge in [0, 0.05) is 5.69 Å². The maximum Gasteiger partial charge on any atom is 0.262 e. The quantitative estimate of drug-likeness (QED) is 0.820. The molecule has 1 amide bonds. The Balaban J connectivity index is 2.64. The third-order valence-corrected chi connectivity index (χ3v) is 3.56. The van der Waals surface area contributed by atoms with Gasteiger partial charge in [0.1, 0.15) is 16.5 Å². The summed E-state index contributed by atoms with van der Waals surface area (Å²) in [5.74, 6) is -0.803. The topological polar surface area (TPSA) is 74.0 Å². The minimum atomic E-state index is -0.625. The Kier molecular flexibility index (Phi) is 2.95. The van der Waals surface area contributed by atoms with Gasteiger partial charge < -0.3 is 11.5 Å². The summed E-state index contributed by atoms with van der Waals surface area (Å²) in [4.78, 5) is 11.3. The molecule has 0 spiro atoms. The summed E-state index contributed by atoms with van der Waals surface area (Å²) < 4.78 is 14.7. The first-order valence-electron chi connectivity index (χ1n) is 4.58. The number of amides is 1. The Morgan fingerprint density at radius 3 is 2.41 bits per heavy atom. The zero-order valence-corrected chi connectivity index (χ0v) is 10.1. The molecule has 0 saturated carbocycles. The highest BCUT2D eigenvalue weighted by Crippen LogP contribution is 2.25. The summed E-state index contributed by atoms with van der Waals surface area (Å²) in [6.45, 7) is 0. The molecule has 2 aromatic rings. The first kappa shape index (κ1) is 11.7. The molecule has 4 N–H and O–H groups in total. The van der Waals surface area contributed by atoms with E-state index in [2.05, 4.69) is 0 Å². The van der Waals surface area contributed by atoms with Crippen LogP contribution in [0.2, 0.25) is 0 Å². The van der Waals surface area contributed by atoms with Crippen LogP contribution in [0.5, 0.6) is 0 Å². The fraction of sp³-hybridized carbons (Fsp3) is 0. The van der Waals surface area contributed by atoms with Crippen molar-refractivity contribution >= 4 is 35.3 Å². The predicted molar refractivity (Wildman–Crippen MR) is 67.4 cm³/mol. The smallest absolute Gasteiger partial charge is 0.262 e. The van der Waals surface area contributed by atoms with Crippen LogP contribution in [0.3, 0.4) is 0 Å². The van der Waals surface area contributed by atoms with Crippen molar-refractivity contribution in [2.24, 2.45) is 5.73 Å². The van der Waals surface area contributed by atoms with Crippen LogP contribution in [0.15, 0.2) is 24.3 Å². The molecule has 0 fully saturated rings. The van der Waals surface area contributed by atoms with Gasteiger partial charge >= 0.3 is 0 Å². The van der Waals surface area contributed by atoms with E-state index < -0.39 is 5.91 Å². The second-order valence-electron chi connectivity index (χ2n) is 3.26. The predicted octanol–water partition coefficient (Wildman–Crippen LogP) is 2.09. The number of rotatable bonds is 2. The molecule has 0 radical (unpaired) electrons. The van der Waals surface area contributed by atoms with Gasteiger partial charge in [0.25, 0.3) is 5.91 Å². The molecule has 2 rings (SSSR count). The molecule has 0 atom stereocenters. The van der Waals surface area contributed by atoms with Crippen LogP contribution in [0.4, 0.5) is 10.2 Å². The lowest BCUT2D eigenvalue weighted by Gasteiger charge is -2.05. The van der Waals surface area contributed by atoms with Crippen LogP contribution in [0.1, 0.15) is 9.67 Å². The number of nitrogens with zero attached hydrogens (tertiary/aromatic N) is 1. The first-order chi connectivity index (χ1) is 8.00. The van der Waals surface area contributed by atoms with E-state index in [1.165, 1.54) is 28.8 Å². The fourth-order valence-electron chi connectivity index (χ4n) is 1.40. The van der Waals surface area contributed by atoms with E-state index in [1.807, 2.05) is 0 Å². The van der Waals surface area contributed by atoms with Crippen LogP contribution in [0, 0.1) is 9.77 Å². The Morgan fingerprint density at radius 1 is 1.35 bits per heavy atom. The number of aromatic nitrogens is 1. The van der Waals surface area contributed by atoms with Crippen molar-refractivity contribution in [1.82, 2.24) is 4.57 Å². The maximum absolute atomic E-state index is 12.8. The van der Waals surface area contributed by atoms with Crippen LogP contribution >= 0.6 is 23.6 Å². The van der Waals surface area contributed by atoms with E-state index in [0.717, 1.165) is 11.3 Å². The number of benzene rings is 1. The molecule has 0 aliphatic carbocycles. The molecule has 0 saturated heterocycles. The lowest BCUT2D eigenvalue weighted by atomic mass is 10.3. The second kappa shape index (κ2) is 4.27. The van der Waals surface area contributed by atoms with Crippen molar-refractivity contribution in [3.05, 3.63) is 38.9 Å². The first-order valence-corrected chi connectivity index (χ1v) is 5.80. The average molecular weight is 269 g/mol. The van der Waals surface area contributed by atoms with E-state index in [9.17, 15) is 9.18 Å². The molecule has 17 heavy (non-hydrogen) atoms. The summed E-state index contributed by atoms with van der Waals surface area (Å²) in [6, 6.07) is 5.63. The lowest BCUT2D eigenvalue weighted by molar-refractivity contribution is 0.100. The third-order valence-electron chi connectivity index (χ3n) is 2.15. The second-order valence-corrected chi connectivity index (χ2v) is 4.90. The molecule has 0 aliphatic rings. The molecule has 4 nitrogen and oxygen atoms in total. The van der Waals surface area contributed by atoms with Crippen molar-refractivity contribution in [2.45, 2.75) is 0 Å². The van der Waals surface area contributed by atoms with Gasteiger partial charge in [-0.05, 0) is 36.5 Å². The molecule has 0 aliphatic heterocycles. The van der Waals surface area contributed by atoms with E-state index in [-0.39, 0.29) is 16.5 Å². The highest BCUT2D eigenvalue weighted by atomic mass is 32.1. The molecule has 7 heteroatoms. The van der Waals surface area contributed by atoms with Crippen LogP contribution < -0.4 is 11.5 Å². The standard InChI is InChI=1S/C10H8FN3OS2/c11-5-1-3-6(4-2-5)14-8(12)7(9(13)15)17-10(14)16/h1-4H,12H2,(H2,13,15). The van der Waals surface area contributed by atoms with Crippen molar-refractivity contribution in [2.75, 3.05) is 5.73 Å². The molecule has 0 bridgehead atoms. The number of halogens is 1. The maximum atomic E-state index is 12.8. The van der Waals surface area contributed by atoms with Gasteiger partial charge in [0.2, 0.25) is 0 Å². The van der Waals surface area contributed by atoms with Gasteiger partial charge in [-0.1, -0.05) is 11.3 Å². The monoisotopic (exact) mass is 269 g/mol. The van der Waals surface area contributed by atoms with Crippen LogP contribution in [-0.2, 0) is 0 Å². The summed E-state index contributed by atoms with van der Waals surface area (Å²) in [7, 11) is 0. The zero-order valence-electron chi connectivity index (χ0n) is 8.51. The Morgan fingerprint density at radius 2 is 1.94 bits per heavy atom.